The van der Waals surface area contributed by atoms with Crippen LogP contribution in [0.25, 0.3) is 22.3 Å². The van der Waals surface area contributed by atoms with E-state index in [0.29, 0.717) is 37.8 Å². The highest BCUT2D eigenvalue weighted by Gasteiger charge is 2.32. The van der Waals surface area contributed by atoms with Crippen LogP contribution in [-0.4, -0.2) is 79.0 Å². The second-order valence-corrected chi connectivity index (χ2v) is 11.2. The Bertz CT molecular complexity index is 1530. The van der Waals surface area contributed by atoms with Crippen molar-refractivity contribution in [1.29, 1.82) is 5.26 Å². The van der Waals surface area contributed by atoms with Gasteiger partial charge in [-0.3, -0.25) is 14.5 Å². The van der Waals surface area contributed by atoms with Gasteiger partial charge in [0.2, 0.25) is 0 Å². The molecule has 41 heavy (non-hydrogen) atoms. The molecule has 11 heteroatoms. The molecule has 2 saturated heterocycles. The highest BCUT2D eigenvalue weighted by molar-refractivity contribution is 5.89. The lowest BCUT2D eigenvalue weighted by Gasteiger charge is -2.36. The Morgan fingerprint density at radius 3 is 2.93 bits per heavy atom. The second-order valence-electron chi connectivity index (χ2n) is 11.2. The standard InChI is InChI=1S/C30H34F2N8O/c1-20-3-2-9-39(20)15-21-11-23(31)13-25(12-21)41-28-6-10-38(18-27(28)32)17-24(4-7-33)40-16-22(14-37-40)29-26-5-8-34-30(26)36-19-35-29/h5,8,11-14,16,19-20,24,27-28H,2-4,6,9-10,15,17-18H2,1H3,(H,34,35,36). The Labute approximate surface area is 237 Å². The van der Waals surface area contributed by atoms with Crippen LogP contribution in [-0.2, 0) is 6.54 Å². The average Bonchev–Trinajstić information content (AvgIpc) is 3.71. The molecule has 0 saturated carbocycles. The molecule has 5 heterocycles. The number of ether oxygens (including phenoxy) is 1. The molecule has 214 valence electrons. The van der Waals surface area contributed by atoms with Gasteiger partial charge in [0.05, 0.1) is 30.4 Å². The zero-order chi connectivity index (χ0) is 28.3. The van der Waals surface area contributed by atoms with Gasteiger partial charge >= 0.3 is 0 Å². The number of rotatable bonds is 9. The molecule has 1 N–H and O–H groups in total. The van der Waals surface area contributed by atoms with Gasteiger partial charge in [-0.2, -0.15) is 10.4 Å². The minimum absolute atomic E-state index is 0.171. The fourth-order valence-corrected chi connectivity index (χ4v) is 6.07. The van der Waals surface area contributed by atoms with E-state index in [-0.39, 0.29) is 24.8 Å². The molecule has 4 unspecified atom stereocenters. The number of nitriles is 1. The number of aromatic amines is 1. The maximum Gasteiger partial charge on any atom is 0.149 e. The van der Waals surface area contributed by atoms with E-state index < -0.39 is 12.3 Å². The van der Waals surface area contributed by atoms with Gasteiger partial charge in [0.1, 0.15) is 35.8 Å². The second kappa shape index (κ2) is 11.9. The Morgan fingerprint density at radius 2 is 2.12 bits per heavy atom. The number of benzene rings is 1. The summed E-state index contributed by atoms with van der Waals surface area (Å²) in [4.78, 5) is 16.1. The molecule has 0 aliphatic carbocycles. The summed E-state index contributed by atoms with van der Waals surface area (Å²) in [6.07, 6.45) is 8.03. The van der Waals surface area contributed by atoms with E-state index in [9.17, 15) is 9.65 Å². The predicted molar refractivity (Wildman–Crippen MR) is 150 cm³/mol. The van der Waals surface area contributed by atoms with E-state index >= 15 is 4.39 Å². The highest BCUT2D eigenvalue weighted by atomic mass is 19.1. The lowest BCUT2D eigenvalue weighted by atomic mass is 10.0. The van der Waals surface area contributed by atoms with Gasteiger partial charge in [-0.1, -0.05) is 0 Å². The van der Waals surface area contributed by atoms with Gasteiger partial charge in [0.25, 0.3) is 0 Å². The van der Waals surface area contributed by atoms with Crippen molar-refractivity contribution in [1.82, 2.24) is 34.5 Å². The fraction of sp³-hybridized carbons (Fsp3) is 0.467. The lowest BCUT2D eigenvalue weighted by Crippen LogP contribution is -2.48. The van der Waals surface area contributed by atoms with Crippen LogP contribution in [0.1, 0.15) is 44.2 Å². The third kappa shape index (κ3) is 6.09. The molecule has 0 spiro atoms. The van der Waals surface area contributed by atoms with Crippen LogP contribution in [0.2, 0.25) is 0 Å². The van der Waals surface area contributed by atoms with Gasteiger partial charge in [0, 0.05) is 61.6 Å². The Morgan fingerprint density at radius 1 is 1.22 bits per heavy atom. The summed E-state index contributed by atoms with van der Waals surface area (Å²) in [5, 5.41) is 14.9. The third-order valence-electron chi connectivity index (χ3n) is 8.26. The summed E-state index contributed by atoms with van der Waals surface area (Å²) in [5.41, 5.74) is 3.17. The van der Waals surface area contributed by atoms with Gasteiger partial charge in [0.15, 0.2) is 0 Å². The first kappa shape index (κ1) is 27.3. The number of fused-ring (bicyclic) bond motifs is 1. The molecule has 2 aliphatic heterocycles. The Kier molecular flexibility index (Phi) is 7.94. The zero-order valence-electron chi connectivity index (χ0n) is 23.1. The number of hydrogen-bond acceptors (Lipinski definition) is 7. The molecule has 3 aromatic heterocycles. The van der Waals surface area contributed by atoms with Gasteiger partial charge in [-0.15, -0.1) is 0 Å². The van der Waals surface area contributed by atoms with Crippen molar-refractivity contribution < 1.29 is 13.5 Å². The number of halogens is 2. The molecule has 0 radical (unpaired) electrons. The number of piperidine rings is 1. The van der Waals surface area contributed by atoms with Crippen molar-refractivity contribution in [2.24, 2.45) is 0 Å². The summed E-state index contributed by atoms with van der Waals surface area (Å²) in [6.45, 7) is 5.10. The van der Waals surface area contributed by atoms with E-state index in [0.717, 1.165) is 47.2 Å². The smallest absolute Gasteiger partial charge is 0.149 e. The number of nitrogens with one attached hydrogen (secondary N) is 1. The molecular formula is C30H34F2N8O. The van der Waals surface area contributed by atoms with Crippen LogP contribution in [0.5, 0.6) is 5.75 Å². The molecule has 4 aromatic rings. The monoisotopic (exact) mass is 560 g/mol. The molecule has 6 rings (SSSR count). The quantitative estimate of drug-likeness (QED) is 0.311. The summed E-state index contributed by atoms with van der Waals surface area (Å²) in [6, 6.07) is 9.10. The predicted octanol–water partition coefficient (Wildman–Crippen LogP) is 4.89. The van der Waals surface area contributed by atoms with Crippen molar-refractivity contribution >= 4 is 11.0 Å². The van der Waals surface area contributed by atoms with Crippen molar-refractivity contribution in [2.45, 2.75) is 63.5 Å². The maximum absolute atomic E-state index is 15.4. The van der Waals surface area contributed by atoms with E-state index in [1.165, 1.54) is 18.5 Å². The minimum Gasteiger partial charge on any atom is -0.487 e. The summed E-state index contributed by atoms with van der Waals surface area (Å²) in [7, 11) is 0. The molecular weight excluding hydrogens is 526 g/mol. The van der Waals surface area contributed by atoms with E-state index in [1.54, 1.807) is 10.9 Å². The van der Waals surface area contributed by atoms with Crippen LogP contribution < -0.4 is 4.74 Å². The molecule has 2 aliphatic rings. The van der Waals surface area contributed by atoms with Gasteiger partial charge < -0.3 is 9.72 Å². The van der Waals surface area contributed by atoms with E-state index in [2.05, 4.69) is 37.9 Å². The molecule has 9 nitrogen and oxygen atoms in total. The van der Waals surface area contributed by atoms with Crippen LogP contribution in [0.4, 0.5) is 8.78 Å². The molecule has 2 fully saturated rings. The molecule has 0 bridgehead atoms. The van der Waals surface area contributed by atoms with Crippen molar-refractivity contribution in [3.8, 4) is 23.1 Å². The first-order valence-corrected chi connectivity index (χ1v) is 14.2. The fourth-order valence-electron chi connectivity index (χ4n) is 6.07. The van der Waals surface area contributed by atoms with E-state index in [4.69, 9.17) is 4.74 Å². The summed E-state index contributed by atoms with van der Waals surface area (Å²) in [5.74, 6) is 0.00923. The molecule has 0 amide bonds. The highest BCUT2D eigenvalue weighted by Crippen LogP contribution is 2.28. The Hall–Kier alpha value is -3.88. The topological polar surface area (TPSA) is 98.9 Å². The summed E-state index contributed by atoms with van der Waals surface area (Å²) < 4.78 is 37.6. The molecule has 4 atom stereocenters. The number of H-pyrrole nitrogens is 1. The normalized spacial score (nSPS) is 22.6. The maximum atomic E-state index is 15.4. The zero-order valence-corrected chi connectivity index (χ0v) is 23.1. The third-order valence-corrected chi connectivity index (χ3v) is 8.26. The van der Waals surface area contributed by atoms with Crippen molar-refractivity contribution in [3.05, 3.63) is 60.6 Å². The first-order valence-electron chi connectivity index (χ1n) is 14.2. The van der Waals surface area contributed by atoms with Crippen LogP contribution in [0.15, 0.2) is 49.2 Å². The molecule has 1 aromatic carbocycles. The number of hydrogen-bond donors (Lipinski definition) is 1. The van der Waals surface area contributed by atoms with Crippen LogP contribution in [0.3, 0.4) is 0 Å². The minimum atomic E-state index is -1.24. The Balaban J connectivity index is 1.09. The van der Waals surface area contributed by atoms with Crippen LogP contribution >= 0.6 is 0 Å². The van der Waals surface area contributed by atoms with Gasteiger partial charge in [-0.05, 0) is 56.5 Å². The van der Waals surface area contributed by atoms with Gasteiger partial charge in [-0.25, -0.2) is 18.7 Å². The van der Waals surface area contributed by atoms with E-state index in [1.807, 2.05) is 29.4 Å². The SMILES string of the molecule is CC1CCCN1Cc1cc(F)cc(OC2CCN(CC(CC#N)n3cc(-c4ncnc5[nH]ccc45)cn3)CC2F)c1. The lowest BCUT2D eigenvalue weighted by molar-refractivity contribution is 0.0167. The first-order chi connectivity index (χ1) is 20.0. The summed E-state index contributed by atoms with van der Waals surface area (Å²) >= 11 is 0. The van der Waals surface area contributed by atoms with Crippen LogP contribution in [0, 0.1) is 17.1 Å². The van der Waals surface area contributed by atoms with Crippen molar-refractivity contribution in [3.63, 3.8) is 0 Å². The van der Waals surface area contributed by atoms with Crippen molar-refractivity contribution in [2.75, 3.05) is 26.2 Å². The number of alkyl halides is 1. The average molecular weight is 561 g/mol. The largest absolute Gasteiger partial charge is 0.487 e. The number of aromatic nitrogens is 5. The number of nitrogens with zero attached hydrogens (tertiary/aromatic N) is 7. The number of likely N-dealkylation sites (tertiary alicyclic amines) is 2.